The van der Waals surface area contributed by atoms with Gasteiger partial charge in [-0.2, -0.15) is 18.7 Å². The fraction of sp³-hybridized carbons (Fsp3) is 0.462. The van der Waals surface area contributed by atoms with Crippen molar-refractivity contribution in [2.75, 3.05) is 13.2 Å². The minimum absolute atomic E-state index is 0.290. The molecule has 0 aromatic heterocycles. The second-order valence-corrected chi connectivity index (χ2v) is 4.45. The Labute approximate surface area is 113 Å². The number of rotatable bonds is 3. The summed E-state index contributed by atoms with van der Waals surface area (Å²) in [5.41, 5.74) is 1.16. The molecule has 1 fully saturated rings. The van der Waals surface area contributed by atoms with Crippen LogP contribution in [0, 0.1) is 5.92 Å². The standard InChI is InChI=1S/C13H14F3NO3/c14-13(15,16)10-3-1-2-4-11(10)20-17-12(18)9-5-7-19-8-6-9/h1-4,9H,5-8H2,(H,17,18). The van der Waals surface area contributed by atoms with E-state index in [1.165, 1.54) is 12.1 Å². The molecular weight excluding hydrogens is 275 g/mol. The van der Waals surface area contributed by atoms with Crippen molar-refractivity contribution in [3.63, 3.8) is 0 Å². The summed E-state index contributed by atoms with van der Waals surface area (Å²) in [6, 6.07) is 4.73. The predicted molar refractivity (Wildman–Crippen MR) is 63.8 cm³/mol. The zero-order valence-corrected chi connectivity index (χ0v) is 10.6. The molecular formula is C13H14F3NO3. The summed E-state index contributed by atoms with van der Waals surface area (Å²) in [4.78, 5) is 16.6. The van der Waals surface area contributed by atoms with Crippen LogP contribution in [0.25, 0.3) is 0 Å². The van der Waals surface area contributed by atoms with E-state index in [1.807, 2.05) is 0 Å². The molecule has 0 atom stereocenters. The van der Waals surface area contributed by atoms with Crippen molar-refractivity contribution in [2.24, 2.45) is 5.92 Å². The Morgan fingerprint density at radius 2 is 1.90 bits per heavy atom. The molecule has 1 aliphatic heterocycles. The number of hydrogen-bond acceptors (Lipinski definition) is 3. The lowest BCUT2D eigenvalue weighted by Crippen LogP contribution is -2.36. The van der Waals surface area contributed by atoms with E-state index >= 15 is 0 Å². The van der Waals surface area contributed by atoms with Crippen molar-refractivity contribution in [2.45, 2.75) is 19.0 Å². The first-order valence-corrected chi connectivity index (χ1v) is 6.19. The molecule has 4 nitrogen and oxygen atoms in total. The minimum atomic E-state index is -4.53. The first-order chi connectivity index (χ1) is 9.48. The highest BCUT2D eigenvalue weighted by Gasteiger charge is 2.34. The number of hydroxylamine groups is 1. The van der Waals surface area contributed by atoms with Gasteiger partial charge in [0.2, 0.25) is 0 Å². The number of carbonyl (C=O) groups is 1. The molecule has 1 heterocycles. The van der Waals surface area contributed by atoms with Gasteiger partial charge in [-0.25, -0.2) is 0 Å². The number of carbonyl (C=O) groups excluding carboxylic acids is 1. The van der Waals surface area contributed by atoms with E-state index in [4.69, 9.17) is 9.57 Å². The first kappa shape index (κ1) is 14.6. The van der Waals surface area contributed by atoms with Gasteiger partial charge in [-0.3, -0.25) is 4.79 Å². The molecule has 7 heteroatoms. The van der Waals surface area contributed by atoms with Crippen LogP contribution in [-0.4, -0.2) is 19.1 Å². The van der Waals surface area contributed by atoms with Gasteiger partial charge in [0.15, 0.2) is 5.75 Å². The van der Waals surface area contributed by atoms with E-state index in [-0.39, 0.29) is 5.92 Å². The van der Waals surface area contributed by atoms with Crippen LogP contribution >= 0.6 is 0 Å². The quantitative estimate of drug-likeness (QED) is 0.870. The molecule has 0 bridgehead atoms. The van der Waals surface area contributed by atoms with E-state index in [9.17, 15) is 18.0 Å². The molecule has 20 heavy (non-hydrogen) atoms. The highest BCUT2D eigenvalue weighted by Crippen LogP contribution is 2.35. The molecule has 1 aromatic carbocycles. The van der Waals surface area contributed by atoms with Crippen molar-refractivity contribution in [3.8, 4) is 5.75 Å². The third kappa shape index (κ3) is 3.63. The van der Waals surface area contributed by atoms with Gasteiger partial charge in [0.25, 0.3) is 5.91 Å². The Bertz CT molecular complexity index is 470. The Kier molecular flexibility index (Phi) is 4.49. The summed E-state index contributed by atoms with van der Waals surface area (Å²) >= 11 is 0. The number of nitrogens with one attached hydrogen (secondary N) is 1. The summed E-state index contributed by atoms with van der Waals surface area (Å²) in [6.07, 6.45) is -3.45. The normalized spacial score (nSPS) is 16.8. The smallest absolute Gasteiger partial charge is 0.381 e. The van der Waals surface area contributed by atoms with Crippen molar-refractivity contribution < 1.29 is 27.5 Å². The zero-order valence-electron chi connectivity index (χ0n) is 10.6. The van der Waals surface area contributed by atoms with E-state index in [0.717, 1.165) is 12.1 Å². The van der Waals surface area contributed by atoms with Crippen LogP contribution in [0.1, 0.15) is 18.4 Å². The molecule has 1 amide bonds. The number of alkyl halides is 3. The summed E-state index contributed by atoms with van der Waals surface area (Å²) in [7, 11) is 0. The second kappa shape index (κ2) is 6.13. The van der Waals surface area contributed by atoms with Gasteiger partial charge >= 0.3 is 6.18 Å². The number of hydrogen-bond donors (Lipinski definition) is 1. The molecule has 0 spiro atoms. The largest absolute Gasteiger partial charge is 0.420 e. The molecule has 2 rings (SSSR count). The van der Waals surface area contributed by atoms with Crippen LogP contribution in [0.5, 0.6) is 5.75 Å². The minimum Gasteiger partial charge on any atom is -0.381 e. The summed E-state index contributed by atoms with van der Waals surface area (Å²) in [5, 5.41) is 0. The maximum atomic E-state index is 12.7. The van der Waals surface area contributed by atoms with Crippen LogP contribution in [0.15, 0.2) is 24.3 Å². The molecule has 0 radical (unpaired) electrons. The fourth-order valence-electron chi connectivity index (χ4n) is 1.94. The Morgan fingerprint density at radius 3 is 2.55 bits per heavy atom. The SMILES string of the molecule is O=C(NOc1ccccc1C(F)(F)F)C1CCOCC1. The van der Waals surface area contributed by atoms with E-state index in [2.05, 4.69) is 5.48 Å². The molecule has 110 valence electrons. The monoisotopic (exact) mass is 289 g/mol. The Hall–Kier alpha value is -1.76. The van der Waals surface area contributed by atoms with Gasteiger partial charge < -0.3 is 9.57 Å². The second-order valence-electron chi connectivity index (χ2n) is 4.45. The summed E-state index contributed by atoms with van der Waals surface area (Å²) in [6.45, 7) is 0.939. The lowest BCUT2D eigenvalue weighted by atomic mass is 10.00. The number of amides is 1. The van der Waals surface area contributed by atoms with E-state index in [1.54, 1.807) is 0 Å². The number of halogens is 3. The average Bonchev–Trinajstić information content (AvgIpc) is 2.45. The molecule has 1 saturated heterocycles. The van der Waals surface area contributed by atoms with Crippen LogP contribution < -0.4 is 10.3 Å². The lowest BCUT2D eigenvalue weighted by molar-refractivity contribution is -0.142. The van der Waals surface area contributed by atoms with Crippen LogP contribution in [0.4, 0.5) is 13.2 Å². The van der Waals surface area contributed by atoms with Gasteiger partial charge in [-0.05, 0) is 25.0 Å². The zero-order chi connectivity index (χ0) is 14.6. The molecule has 0 unspecified atom stereocenters. The van der Waals surface area contributed by atoms with Crippen molar-refractivity contribution in [1.82, 2.24) is 5.48 Å². The van der Waals surface area contributed by atoms with Gasteiger partial charge in [0.1, 0.15) is 5.56 Å². The molecule has 1 aliphatic rings. The molecule has 0 saturated carbocycles. The average molecular weight is 289 g/mol. The first-order valence-electron chi connectivity index (χ1n) is 6.19. The van der Waals surface area contributed by atoms with Crippen LogP contribution in [0.2, 0.25) is 0 Å². The summed E-state index contributed by atoms with van der Waals surface area (Å²) in [5.74, 6) is -1.13. The van der Waals surface area contributed by atoms with Gasteiger partial charge in [0.05, 0.1) is 0 Å². The Balaban J connectivity index is 1.98. The van der Waals surface area contributed by atoms with Crippen LogP contribution in [-0.2, 0) is 15.7 Å². The van der Waals surface area contributed by atoms with E-state index in [0.29, 0.717) is 26.1 Å². The topological polar surface area (TPSA) is 47.6 Å². The Morgan fingerprint density at radius 1 is 1.25 bits per heavy atom. The summed E-state index contributed by atoms with van der Waals surface area (Å²) < 4.78 is 43.3. The highest BCUT2D eigenvalue weighted by molar-refractivity contribution is 5.77. The van der Waals surface area contributed by atoms with Crippen molar-refractivity contribution in [1.29, 1.82) is 0 Å². The van der Waals surface area contributed by atoms with E-state index < -0.39 is 23.4 Å². The van der Waals surface area contributed by atoms with Gasteiger partial charge in [0, 0.05) is 19.1 Å². The highest BCUT2D eigenvalue weighted by atomic mass is 19.4. The molecule has 1 N–H and O–H groups in total. The number of para-hydroxylation sites is 1. The fourth-order valence-corrected chi connectivity index (χ4v) is 1.94. The van der Waals surface area contributed by atoms with Gasteiger partial charge in [-0.15, -0.1) is 0 Å². The maximum absolute atomic E-state index is 12.7. The molecule has 1 aromatic rings. The van der Waals surface area contributed by atoms with Crippen LogP contribution in [0.3, 0.4) is 0 Å². The third-order valence-electron chi connectivity index (χ3n) is 3.05. The third-order valence-corrected chi connectivity index (χ3v) is 3.05. The van der Waals surface area contributed by atoms with Crippen molar-refractivity contribution >= 4 is 5.91 Å². The maximum Gasteiger partial charge on any atom is 0.420 e. The number of benzene rings is 1. The number of ether oxygens (including phenoxy) is 1. The lowest BCUT2D eigenvalue weighted by Gasteiger charge is -2.21. The van der Waals surface area contributed by atoms with Crippen molar-refractivity contribution in [3.05, 3.63) is 29.8 Å². The predicted octanol–water partition coefficient (Wildman–Crippen LogP) is 2.54. The van der Waals surface area contributed by atoms with Gasteiger partial charge in [-0.1, -0.05) is 12.1 Å². The molecule has 0 aliphatic carbocycles.